The second kappa shape index (κ2) is 3.27. The molecular weight excluding hydrogens is 136 g/mol. The quantitative estimate of drug-likeness (QED) is 0.256. The van der Waals surface area contributed by atoms with Gasteiger partial charge in [0.15, 0.2) is 0 Å². The number of aliphatic hydroxyl groups excluding tert-OH is 3. The Morgan fingerprint density at radius 2 is 1.30 bits per heavy atom. The highest BCUT2D eigenvalue weighted by Crippen LogP contribution is 2.00. The second-order valence-corrected chi connectivity index (χ2v) is 2.39. The van der Waals surface area contributed by atoms with Crippen LogP contribution in [0.15, 0.2) is 0 Å². The van der Waals surface area contributed by atoms with Crippen molar-refractivity contribution in [2.24, 2.45) is 0 Å². The molecule has 0 amide bonds. The highest BCUT2D eigenvalue weighted by atomic mass is 16.4. The fraction of sp³-hybridized carbons (Fsp3) is 1.00. The van der Waals surface area contributed by atoms with Gasteiger partial charge in [-0.25, -0.2) is 0 Å². The molecule has 1 rings (SSSR count). The molecule has 5 nitrogen and oxygen atoms in total. The van der Waals surface area contributed by atoms with E-state index in [-0.39, 0.29) is 13.1 Å². The second-order valence-electron chi connectivity index (χ2n) is 2.39. The summed E-state index contributed by atoms with van der Waals surface area (Å²) in [4.78, 5) is 0. The van der Waals surface area contributed by atoms with Crippen molar-refractivity contribution in [2.75, 3.05) is 13.1 Å². The van der Waals surface area contributed by atoms with Gasteiger partial charge in [0.25, 0.3) is 0 Å². The van der Waals surface area contributed by atoms with Crippen LogP contribution in [-0.2, 0) is 0 Å². The number of nitrogens with one attached hydrogen (secondary N) is 2. The van der Waals surface area contributed by atoms with Crippen molar-refractivity contribution in [1.29, 1.82) is 0 Å². The van der Waals surface area contributed by atoms with Gasteiger partial charge in [0.05, 0.1) is 12.2 Å². The first kappa shape index (κ1) is 7.90. The molecule has 1 fully saturated rings. The standard InChI is InChI=1S/C5H12N2O3/c8-3-1-6-7-2-4(9)5(3)10/h3-10H,1-2H2/t3-,4+,5?. The van der Waals surface area contributed by atoms with Crippen molar-refractivity contribution in [1.82, 2.24) is 10.9 Å². The van der Waals surface area contributed by atoms with E-state index in [9.17, 15) is 0 Å². The van der Waals surface area contributed by atoms with E-state index in [1.807, 2.05) is 0 Å². The number of hydrogen-bond acceptors (Lipinski definition) is 5. The fourth-order valence-electron chi connectivity index (χ4n) is 0.851. The van der Waals surface area contributed by atoms with Crippen LogP contribution in [0.4, 0.5) is 0 Å². The molecule has 0 aromatic carbocycles. The van der Waals surface area contributed by atoms with Crippen molar-refractivity contribution in [3.8, 4) is 0 Å². The van der Waals surface area contributed by atoms with Crippen molar-refractivity contribution in [2.45, 2.75) is 18.3 Å². The van der Waals surface area contributed by atoms with E-state index >= 15 is 0 Å². The van der Waals surface area contributed by atoms with Crippen LogP contribution in [0.25, 0.3) is 0 Å². The maximum atomic E-state index is 9.05. The van der Waals surface area contributed by atoms with Crippen LogP contribution in [-0.4, -0.2) is 46.7 Å². The van der Waals surface area contributed by atoms with Gasteiger partial charge in [-0.1, -0.05) is 0 Å². The molecule has 1 unspecified atom stereocenters. The number of aliphatic hydroxyl groups is 3. The Morgan fingerprint density at radius 1 is 0.900 bits per heavy atom. The lowest BCUT2D eigenvalue weighted by atomic mass is 10.1. The molecule has 1 saturated heterocycles. The van der Waals surface area contributed by atoms with E-state index in [1.165, 1.54) is 0 Å². The summed E-state index contributed by atoms with van der Waals surface area (Å²) in [6.07, 6.45) is -2.85. The van der Waals surface area contributed by atoms with Crippen LogP contribution >= 0.6 is 0 Å². The lowest BCUT2D eigenvalue weighted by Gasteiger charge is -2.17. The molecule has 60 valence electrons. The largest absolute Gasteiger partial charge is 0.389 e. The lowest BCUT2D eigenvalue weighted by Crippen LogP contribution is -2.39. The summed E-state index contributed by atoms with van der Waals surface area (Å²) in [6.45, 7) is 0.496. The molecule has 1 aliphatic rings. The Bertz CT molecular complexity index is 99.1. The summed E-state index contributed by atoms with van der Waals surface area (Å²) in [7, 11) is 0. The normalized spacial score (nSPS) is 42.9. The first-order valence-electron chi connectivity index (χ1n) is 3.21. The molecule has 0 aliphatic carbocycles. The molecule has 0 saturated carbocycles. The van der Waals surface area contributed by atoms with E-state index in [0.717, 1.165) is 0 Å². The summed E-state index contributed by atoms with van der Waals surface area (Å²) in [5.74, 6) is 0. The molecule has 0 bridgehead atoms. The summed E-state index contributed by atoms with van der Waals surface area (Å²) in [5.41, 5.74) is 5.28. The maximum Gasteiger partial charge on any atom is 0.108 e. The van der Waals surface area contributed by atoms with Crippen LogP contribution < -0.4 is 10.9 Å². The van der Waals surface area contributed by atoms with Crippen molar-refractivity contribution < 1.29 is 15.3 Å². The van der Waals surface area contributed by atoms with E-state index in [0.29, 0.717) is 0 Å². The molecule has 5 heteroatoms. The average molecular weight is 148 g/mol. The lowest BCUT2D eigenvalue weighted by molar-refractivity contribution is -0.0461. The zero-order valence-corrected chi connectivity index (χ0v) is 5.49. The molecular formula is C5H12N2O3. The number of rotatable bonds is 0. The van der Waals surface area contributed by atoms with Crippen LogP contribution in [0.5, 0.6) is 0 Å². The first-order valence-corrected chi connectivity index (χ1v) is 3.21. The molecule has 10 heavy (non-hydrogen) atoms. The van der Waals surface area contributed by atoms with Gasteiger partial charge in [-0.15, -0.1) is 0 Å². The minimum Gasteiger partial charge on any atom is -0.389 e. The molecule has 1 heterocycles. The minimum atomic E-state index is -1.05. The Kier molecular flexibility index (Phi) is 2.58. The van der Waals surface area contributed by atoms with Gasteiger partial charge in [0.2, 0.25) is 0 Å². The van der Waals surface area contributed by atoms with Crippen LogP contribution in [0.2, 0.25) is 0 Å². The highest BCUT2D eigenvalue weighted by molar-refractivity contribution is 4.80. The van der Waals surface area contributed by atoms with E-state index in [4.69, 9.17) is 15.3 Å². The van der Waals surface area contributed by atoms with Gasteiger partial charge in [-0.2, -0.15) is 0 Å². The first-order chi connectivity index (χ1) is 4.72. The SMILES string of the molecule is OC1[C@H](O)CNNC[C@@H]1O. The molecule has 0 aromatic rings. The molecule has 0 aromatic heterocycles. The van der Waals surface area contributed by atoms with Gasteiger partial charge in [0.1, 0.15) is 6.10 Å². The Balaban J connectivity index is 2.46. The Labute approximate surface area is 58.6 Å². The summed E-state index contributed by atoms with van der Waals surface area (Å²) >= 11 is 0. The molecule has 1 aliphatic heterocycles. The van der Waals surface area contributed by atoms with E-state index < -0.39 is 18.3 Å². The van der Waals surface area contributed by atoms with Gasteiger partial charge < -0.3 is 15.3 Å². The van der Waals surface area contributed by atoms with Gasteiger partial charge >= 0.3 is 0 Å². The molecule has 0 radical (unpaired) electrons. The smallest absolute Gasteiger partial charge is 0.108 e. The van der Waals surface area contributed by atoms with Crippen LogP contribution in [0, 0.1) is 0 Å². The summed E-state index contributed by atoms with van der Waals surface area (Å²) in [6, 6.07) is 0. The van der Waals surface area contributed by atoms with E-state index in [2.05, 4.69) is 10.9 Å². The van der Waals surface area contributed by atoms with Crippen molar-refractivity contribution in [3.63, 3.8) is 0 Å². The highest BCUT2D eigenvalue weighted by Gasteiger charge is 2.26. The summed E-state index contributed by atoms with van der Waals surface area (Å²) < 4.78 is 0. The average Bonchev–Trinajstić information content (AvgIpc) is 2.04. The van der Waals surface area contributed by atoms with Crippen LogP contribution in [0.1, 0.15) is 0 Å². The fourth-order valence-corrected chi connectivity index (χ4v) is 0.851. The van der Waals surface area contributed by atoms with Gasteiger partial charge in [-0.05, 0) is 0 Å². The maximum absolute atomic E-state index is 9.05. The number of hydrazine groups is 1. The third-order valence-electron chi connectivity index (χ3n) is 1.54. The molecule has 0 spiro atoms. The third-order valence-corrected chi connectivity index (χ3v) is 1.54. The Morgan fingerprint density at radius 3 is 1.70 bits per heavy atom. The molecule has 5 N–H and O–H groups in total. The summed E-state index contributed by atoms with van der Waals surface area (Å²) in [5, 5.41) is 27.1. The van der Waals surface area contributed by atoms with E-state index in [1.54, 1.807) is 0 Å². The van der Waals surface area contributed by atoms with Gasteiger partial charge in [-0.3, -0.25) is 10.9 Å². The third kappa shape index (κ3) is 1.65. The predicted octanol–water partition coefficient (Wildman–Crippen LogP) is -2.82. The van der Waals surface area contributed by atoms with Crippen molar-refractivity contribution in [3.05, 3.63) is 0 Å². The topological polar surface area (TPSA) is 84.8 Å². The zero-order valence-electron chi connectivity index (χ0n) is 5.49. The number of β-amino-alcohol motifs (C(OH)–C–C–N with tert-alkyl or cyclic N) is 2. The molecule has 3 atom stereocenters. The van der Waals surface area contributed by atoms with Crippen molar-refractivity contribution >= 4 is 0 Å². The zero-order chi connectivity index (χ0) is 7.56. The number of hydrogen-bond donors (Lipinski definition) is 5. The van der Waals surface area contributed by atoms with Gasteiger partial charge in [0, 0.05) is 13.1 Å². The monoisotopic (exact) mass is 148 g/mol. The minimum absolute atomic E-state index is 0.248. The van der Waals surface area contributed by atoms with Crippen LogP contribution in [0.3, 0.4) is 0 Å². The predicted molar refractivity (Wildman–Crippen MR) is 34.0 cm³/mol. The Hall–Kier alpha value is -0.200.